The van der Waals surface area contributed by atoms with Crippen LogP contribution in [0.1, 0.15) is 32.6 Å². The lowest BCUT2D eigenvalue weighted by Crippen LogP contribution is -2.42. The highest BCUT2D eigenvalue weighted by molar-refractivity contribution is 6.14. The maximum Gasteiger partial charge on any atom is 0.239 e. The number of carbonyl (C=O) groups excluding carboxylic acids is 2. The Labute approximate surface area is 142 Å². The quantitative estimate of drug-likeness (QED) is 0.725. The molecule has 2 aliphatic heterocycles. The Morgan fingerprint density at radius 3 is 2.52 bits per heavy atom. The molecular weight excluding hydrogens is 316 g/mol. The van der Waals surface area contributed by atoms with Gasteiger partial charge in [-0.2, -0.15) is 5.26 Å². The van der Waals surface area contributed by atoms with Crippen molar-refractivity contribution in [2.75, 3.05) is 26.2 Å². The number of nitrogens with zero attached hydrogens (tertiary/aromatic N) is 4. The van der Waals surface area contributed by atoms with Crippen molar-refractivity contribution in [2.24, 2.45) is 11.8 Å². The lowest BCUT2D eigenvalue weighted by molar-refractivity contribution is -0.131. The third-order valence-corrected chi connectivity index (χ3v) is 5.97. The molecule has 4 atom stereocenters. The molecule has 0 radical (unpaired) electrons. The molecule has 0 bridgehead atoms. The molecule has 1 saturated carbocycles. The van der Waals surface area contributed by atoms with Gasteiger partial charge in [0.15, 0.2) is 0 Å². The van der Waals surface area contributed by atoms with E-state index in [1.807, 2.05) is 4.90 Å². The largest absolute Gasteiger partial charge is 0.342 e. The normalized spacial score (nSPS) is 33.1. The van der Waals surface area contributed by atoms with E-state index in [9.17, 15) is 9.59 Å². The van der Waals surface area contributed by atoms with Crippen LogP contribution in [0, 0.1) is 23.2 Å². The highest BCUT2D eigenvalue weighted by Crippen LogP contribution is 2.40. The molecule has 7 heteroatoms. The summed E-state index contributed by atoms with van der Waals surface area (Å²) in [6, 6.07) is 2.09. The summed E-state index contributed by atoms with van der Waals surface area (Å²) in [6.07, 6.45) is 3.53. The third kappa shape index (κ3) is 3.31. The van der Waals surface area contributed by atoms with Gasteiger partial charge in [0.2, 0.25) is 11.8 Å². The van der Waals surface area contributed by atoms with Crippen LogP contribution in [0.25, 0.3) is 0 Å². The van der Waals surface area contributed by atoms with Gasteiger partial charge in [0.25, 0.3) is 0 Å². The van der Waals surface area contributed by atoms with Crippen LogP contribution in [-0.2, 0) is 9.59 Å². The highest BCUT2D eigenvalue weighted by Gasteiger charge is 2.43. The maximum atomic E-state index is 12.4. The van der Waals surface area contributed by atoms with E-state index >= 15 is 0 Å². The SMILES string of the molecule is CC(=O)N1C[C@H]2C[C@@H](N(Cl)CC(=O)N3CCC[C@H]3C#N)C[C@H]2C1. The van der Waals surface area contributed by atoms with Crippen LogP contribution >= 0.6 is 11.8 Å². The summed E-state index contributed by atoms with van der Waals surface area (Å²) in [5, 5.41) is 9.09. The smallest absolute Gasteiger partial charge is 0.239 e. The van der Waals surface area contributed by atoms with Crippen molar-refractivity contribution >= 4 is 23.6 Å². The van der Waals surface area contributed by atoms with Gasteiger partial charge in [0, 0.05) is 32.6 Å². The fraction of sp³-hybridized carbons (Fsp3) is 0.812. The molecule has 126 valence electrons. The first-order valence-electron chi connectivity index (χ1n) is 8.36. The van der Waals surface area contributed by atoms with E-state index in [1.165, 1.54) is 0 Å². The summed E-state index contributed by atoms with van der Waals surface area (Å²) in [5.41, 5.74) is 0. The first-order chi connectivity index (χ1) is 11.0. The number of fused-ring (bicyclic) bond motifs is 1. The zero-order valence-corrected chi connectivity index (χ0v) is 14.2. The van der Waals surface area contributed by atoms with Gasteiger partial charge in [0.05, 0.1) is 12.6 Å². The second kappa shape index (κ2) is 6.66. The summed E-state index contributed by atoms with van der Waals surface area (Å²) in [6.45, 7) is 4.08. The number of carbonyl (C=O) groups is 2. The van der Waals surface area contributed by atoms with Gasteiger partial charge in [-0.05, 0) is 49.3 Å². The molecule has 0 spiro atoms. The van der Waals surface area contributed by atoms with Crippen molar-refractivity contribution in [3.05, 3.63) is 0 Å². The second-order valence-corrected chi connectivity index (χ2v) is 7.44. The lowest BCUT2D eigenvalue weighted by atomic mass is 10.0. The molecule has 23 heavy (non-hydrogen) atoms. The number of likely N-dealkylation sites (tertiary alicyclic amines) is 2. The molecule has 3 fully saturated rings. The summed E-state index contributed by atoms with van der Waals surface area (Å²) >= 11 is 6.38. The van der Waals surface area contributed by atoms with Crippen LogP contribution in [-0.4, -0.2) is 64.3 Å². The molecule has 0 N–H and O–H groups in total. The molecule has 0 unspecified atom stereocenters. The summed E-state index contributed by atoms with van der Waals surface area (Å²) in [5.74, 6) is 1.09. The molecule has 1 aliphatic carbocycles. The number of amides is 2. The van der Waals surface area contributed by atoms with Crippen molar-refractivity contribution in [3.8, 4) is 6.07 Å². The van der Waals surface area contributed by atoms with Crippen LogP contribution in [0.15, 0.2) is 0 Å². The Kier molecular flexibility index (Phi) is 4.79. The van der Waals surface area contributed by atoms with Gasteiger partial charge in [-0.1, -0.05) is 0 Å². The molecule has 2 saturated heterocycles. The predicted molar refractivity (Wildman–Crippen MR) is 85.2 cm³/mol. The molecular formula is C16H23ClN4O2. The van der Waals surface area contributed by atoms with Crippen molar-refractivity contribution in [1.82, 2.24) is 14.2 Å². The standard InChI is InChI=1S/C16H23ClN4O2/c1-11(22)19-8-12-5-15(6-13(12)9-19)21(17)10-16(23)20-4-2-3-14(20)7-18/h12-15H,2-6,8-10H2,1H3/t12-,13+,14-,15-/m0/s1. The Balaban J connectivity index is 1.51. The van der Waals surface area contributed by atoms with E-state index in [-0.39, 0.29) is 30.4 Å². The summed E-state index contributed by atoms with van der Waals surface area (Å²) < 4.78 is 1.63. The number of nitriles is 1. The topological polar surface area (TPSA) is 67.7 Å². The minimum Gasteiger partial charge on any atom is -0.342 e. The van der Waals surface area contributed by atoms with E-state index in [1.54, 1.807) is 16.2 Å². The zero-order chi connectivity index (χ0) is 16.6. The number of rotatable bonds is 3. The fourth-order valence-electron chi connectivity index (χ4n) is 4.30. The predicted octanol–water partition coefficient (Wildman–Crippen LogP) is 1.21. The molecule has 0 aromatic carbocycles. The van der Waals surface area contributed by atoms with Gasteiger partial charge in [-0.3, -0.25) is 9.59 Å². The van der Waals surface area contributed by atoms with Gasteiger partial charge in [-0.25, -0.2) is 4.42 Å². The molecule has 2 heterocycles. The highest BCUT2D eigenvalue weighted by atomic mass is 35.5. The maximum absolute atomic E-state index is 12.4. The van der Waals surface area contributed by atoms with Crippen LogP contribution in [0.2, 0.25) is 0 Å². The Bertz CT molecular complexity index is 521. The third-order valence-electron chi connectivity index (χ3n) is 5.58. The lowest BCUT2D eigenvalue weighted by Gasteiger charge is -2.26. The number of hydrogen-bond donors (Lipinski definition) is 0. The minimum atomic E-state index is -0.292. The second-order valence-electron chi connectivity index (χ2n) is 7.00. The average Bonchev–Trinajstić information content (AvgIpc) is 3.20. The molecule has 0 aromatic rings. The Morgan fingerprint density at radius 1 is 1.30 bits per heavy atom. The van der Waals surface area contributed by atoms with Crippen molar-refractivity contribution in [1.29, 1.82) is 5.26 Å². The molecule has 2 amide bonds. The first-order valence-corrected chi connectivity index (χ1v) is 8.70. The summed E-state index contributed by atoms with van der Waals surface area (Å²) in [7, 11) is 0. The van der Waals surface area contributed by atoms with Gasteiger partial charge in [0.1, 0.15) is 6.04 Å². The van der Waals surface area contributed by atoms with Crippen molar-refractivity contribution < 1.29 is 9.59 Å². The molecule has 6 nitrogen and oxygen atoms in total. The van der Waals surface area contributed by atoms with Gasteiger partial charge in [-0.15, -0.1) is 0 Å². The minimum absolute atomic E-state index is 0.0496. The van der Waals surface area contributed by atoms with E-state index in [0.29, 0.717) is 18.4 Å². The van der Waals surface area contributed by atoms with Crippen molar-refractivity contribution in [3.63, 3.8) is 0 Å². The van der Waals surface area contributed by atoms with Crippen LogP contribution < -0.4 is 0 Å². The van der Waals surface area contributed by atoms with Gasteiger partial charge >= 0.3 is 0 Å². The molecule has 3 rings (SSSR count). The van der Waals surface area contributed by atoms with E-state index in [2.05, 4.69) is 6.07 Å². The Hall–Kier alpha value is -1.32. The zero-order valence-electron chi connectivity index (χ0n) is 13.4. The van der Waals surface area contributed by atoms with Gasteiger partial charge < -0.3 is 9.80 Å². The van der Waals surface area contributed by atoms with Crippen LogP contribution in [0.3, 0.4) is 0 Å². The van der Waals surface area contributed by atoms with E-state index in [4.69, 9.17) is 17.0 Å². The van der Waals surface area contributed by atoms with E-state index < -0.39 is 0 Å². The monoisotopic (exact) mass is 338 g/mol. The summed E-state index contributed by atoms with van der Waals surface area (Å²) in [4.78, 5) is 27.4. The Morgan fingerprint density at radius 2 is 1.96 bits per heavy atom. The van der Waals surface area contributed by atoms with Crippen LogP contribution in [0.4, 0.5) is 0 Å². The fourth-order valence-corrected chi connectivity index (χ4v) is 4.56. The van der Waals surface area contributed by atoms with Crippen molar-refractivity contribution in [2.45, 2.75) is 44.7 Å². The first kappa shape index (κ1) is 16.5. The number of halogens is 1. The van der Waals surface area contributed by atoms with Crippen LogP contribution in [0.5, 0.6) is 0 Å². The molecule has 0 aromatic heterocycles. The number of hydrogen-bond acceptors (Lipinski definition) is 4. The average molecular weight is 339 g/mol. The molecule has 3 aliphatic rings. The van der Waals surface area contributed by atoms with E-state index in [0.717, 1.165) is 38.8 Å².